The van der Waals surface area contributed by atoms with E-state index < -0.39 is 0 Å². The maximum Gasteiger partial charge on any atom is 0.143 e. The van der Waals surface area contributed by atoms with Gasteiger partial charge in [0.25, 0.3) is 0 Å². The van der Waals surface area contributed by atoms with E-state index in [1.807, 2.05) is 24.3 Å². The summed E-state index contributed by atoms with van der Waals surface area (Å²) in [7, 11) is 1.71. The van der Waals surface area contributed by atoms with Crippen molar-refractivity contribution in [2.45, 2.75) is 6.92 Å². The smallest absolute Gasteiger partial charge is 0.143 e. The number of hydrogen-bond donors (Lipinski definition) is 1. The number of para-hydroxylation sites is 2. The van der Waals surface area contributed by atoms with Crippen molar-refractivity contribution < 1.29 is 4.74 Å². The molecule has 0 aliphatic carbocycles. The van der Waals surface area contributed by atoms with E-state index >= 15 is 0 Å². The van der Waals surface area contributed by atoms with Crippen LogP contribution in [0.4, 0.5) is 5.69 Å². The summed E-state index contributed by atoms with van der Waals surface area (Å²) in [5.74, 6) is 0.442. The average molecular weight is 247 g/mol. The van der Waals surface area contributed by atoms with Crippen molar-refractivity contribution in [2.24, 2.45) is 5.92 Å². The molecule has 0 spiro atoms. The highest BCUT2D eigenvalue weighted by atomic mass is 16.5. The molecular weight excluding hydrogens is 230 g/mol. The third-order valence-corrected chi connectivity index (χ3v) is 2.59. The Hall–Kier alpha value is -1.95. The second-order valence-corrected chi connectivity index (χ2v) is 4.21. The Kier molecular flexibility index (Phi) is 4.25. The Morgan fingerprint density at radius 1 is 1.39 bits per heavy atom. The normalized spacial score (nSPS) is 12.3. The molecule has 0 amide bonds. The Balaban J connectivity index is 2.09. The predicted octanol–water partition coefficient (Wildman–Crippen LogP) is 1.36. The van der Waals surface area contributed by atoms with Crippen LogP contribution in [0.3, 0.4) is 0 Å². The zero-order valence-corrected chi connectivity index (χ0v) is 10.6. The zero-order valence-electron chi connectivity index (χ0n) is 10.6. The van der Waals surface area contributed by atoms with Gasteiger partial charge in [-0.25, -0.2) is 0 Å². The third-order valence-electron chi connectivity index (χ3n) is 2.59. The predicted molar refractivity (Wildman–Crippen MR) is 68.7 cm³/mol. The first-order chi connectivity index (χ1) is 8.81. The van der Waals surface area contributed by atoms with Crippen molar-refractivity contribution in [3.8, 4) is 5.69 Å². The van der Waals surface area contributed by atoms with Crippen LogP contribution in [0.25, 0.3) is 5.69 Å². The molecule has 2 rings (SSSR count). The standard InChI is InChI=1S/C12H17N5O/c1-10(8-18-2)7-13-11-5-3-4-6-12(11)17-9-14-15-16-17/h3-6,9-10,13H,7-8H2,1-2H3. The number of aromatic nitrogens is 4. The van der Waals surface area contributed by atoms with Crippen LogP contribution in [-0.2, 0) is 4.74 Å². The summed E-state index contributed by atoms with van der Waals surface area (Å²) in [6.45, 7) is 3.71. The fourth-order valence-electron chi connectivity index (χ4n) is 1.72. The number of nitrogens with zero attached hydrogens (tertiary/aromatic N) is 4. The Morgan fingerprint density at radius 2 is 2.22 bits per heavy atom. The van der Waals surface area contributed by atoms with E-state index in [-0.39, 0.29) is 0 Å². The lowest BCUT2D eigenvalue weighted by Crippen LogP contribution is -2.16. The lowest BCUT2D eigenvalue weighted by atomic mass is 10.2. The van der Waals surface area contributed by atoms with E-state index in [0.29, 0.717) is 5.92 Å². The quantitative estimate of drug-likeness (QED) is 0.835. The van der Waals surface area contributed by atoms with Gasteiger partial charge in [0, 0.05) is 13.7 Å². The largest absolute Gasteiger partial charge is 0.384 e. The highest BCUT2D eigenvalue weighted by molar-refractivity contribution is 5.60. The van der Waals surface area contributed by atoms with Gasteiger partial charge < -0.3 is 10.1 Å². The van der Waals surface area contributed by atoms with E-state index in [9.17, 15) is 0 Å². The molecule has 0 aliphatic heterocycles. The molecule has 0 saturated heterocycles. The molecule has 0 saturated carbocycles. The topological polar surface area (TPSA) is 64.9 Å². The zero-order chi connectivity index (χ0) is 12.8. The molecule has 1 unspecified atom stereocenters. The molecule has 1 aromatic heterocycles. The number of nitrogens with one attached hydrogen (secondary N) is 1. The van der Waals surface area contributed by atoms with Gasteiger partial charge in [0.15, 0.2) is 0 Å². The lowest BCUT2D eigenvalue weighted by molar-refractivity contribution is 0.164. The minimum Gasteiger partial charge on any atom is -0.384 e. The molecule has 0 radical (unpaired) electrons. The van der Waals surface area contributed by atoms with Gasteiger partial charge in [0.2, 0.25) is 0 Å². The van der Waals surface area contributed by atoms with Gasteiger partial charge in [-0.15, -0.1) is 5.10 Å². The first-order valence-corrected chi connectivity index (χ1v) is 5.86. The van der Waals surface area contributed by atoms with Gasteiger partial charge in [-0.3, -0.25) is 0 Å². The number of hydrogen-bond acceptors (Lipinski definition) is 5. The van der Waals surface area contributed by atoms with E-state index in [1.54, 1.807) is 18.1 Å². The molecule has 6 nitrogen and oxygen atoms in total. The first-order valence-electron chi connectivity index (χ1n) is 5.86. The number of ether oxygens (including phenoxy) is 1. The molecular formula is C12H17N5O. The van der Waals surface area contributed by atoms with Crippen molar-refractivity contribution in [2.75, 3.05) is 25.6 Å². The Morgan fingerprint density at radius 3 is 2.94 bits per heavy atom. The van der Waals surface area contributed by atoms with Crippen LogP contribution in [0, 0.1) is 5.92 Å². The molecule has 0 aliphatic rings. The SMILES string of the molecule is COCC(C)CNc1ccccc1-n1cnnn1. The third kappa shape index (κ3) is 3.04. The number of methoxy groups -OCH3 is 1. The van der Waals surface area contributed by atoms with Crippen LogP contribution in [0.15, 0.2) is 30.6 Å². The van der Waals surface area contributed by atoms with Crippen LogP contribution in [0.1, 0.15) is 6.92 Å². The molecule has 18 heavy (non-hydrogen) atoms. The summed E-state index contributed by atoms with van der Waals surface area (Å²) < 4.78 is 6.76. The number of anilines is 1. The van der Waals surface area contributed by atoms with Gasteiger partial charge in [-0.2, -0.15) is 4.68 Å². The van der Waals surface area contributed by atoms with Gasteiger partial charge in [0.1, 0.15) is 6.33 Å². The average Bonchev–Trinajstić information content (AvgIpc) is 2.91. The van der Waals surface area contributed by atoms with Crippen molar-refractivity contribution in [3.63, 3.8) is 0 Å². The number of tetrazole rings is 1. The summed E-state index contributed by atoms with van der Waals surface area (Å²) in [4.78, 5) is 0. The molecule has 2 aromatic rings. The van der Waals surface area contributed by atoms with Gasteiger partial charge in [-0.1, -0.05) is 19.1 Å². The molecule has 0 bridgehead atoms. The van der Waals surface area contributed by atoms with Crippen LogP contribution < -0.4 is 5.32 Å². The second kappa shape index (κ2) is 6.11. The highest BCUT2D eigenvalue weighted by Crippen LogP contribution is 2.18. The lowest BCUT2D eigenvalue weighted by Gasteiger charge is -2.15. The van der Waals surface area contributed by atoms with E-state index in [4.69, 9.17) is 4.74 Å². The summed E-state index contributed by atoms with van der Waals surface area (Å²) >= 11 is 0. The van der Waals surface area contributed by atoms with Crippen LogP contribution >= 0.6 is 0 Å². The van der Waals surface area contributed by atoms with Gasteiger partial charge in [-0.05, 0) is 28.5 Å². The fourth-order valence-corrected chi connectivity index (χ4v) is 1.72. The van der Waals surface area contributed by atoms with Crippen molar-refractivity contribution >= 4 is 5.69 Å². The monoisotopic (exact) mass is 247 g/mol. The maximum absolute atomic E-state index is 5.12. The molecule has 1 heterocycles. The maximum atomic E-state index is 5.12. The van der Waals surface area contributed by atoms with Crippen molar-refractivity contribution in [1.29, 1.82) is 0 Å². The molecule has 1 atom stereocenters. The van der Waals surface area contributed by atoms with Crippen LogP contribution in [0.5, 0.6) is 0 Å². The second-order valence-electron chi connectivity index (χ2n) is 4.21. The van der Waals surface area contributed by atoms with E-state index in [2.05, 4.69) is 27.8 Å². The van der Waals surface area contributed by atoms with E-state index in [1.165, 1.54) is 0 Å². The van der Waals surface area contributed by atoms with Gasteiger partial charge >= 0.3 is 0 Å². The van der Waals surface area contributed by atoms with Crippen LogP contribution in [0.2, 0.25) is 0 Å². The minimum absolute atomic E-state index is 0.442. The molecule has 6 heteroatoms. The fraction of sp³-hybridized carbons (Fsp3) is 0.417. The van der Waals surface area contributed by atoms with Gasteiger partial charge in [0.05, 0.1) is 18.0 Å². The Bertz CT molecular complexity index is 471. The summed E-state index contributed by atoms with van der Waals surface area (Å²) in [6, 6.07) is 7.92. The van der Waals surface area contributed by atoms with E-state index in [0.717, 1.165) is 24.5 Å². The van der Waals surface area contributed by atoms with Crippen LogP contribution in [-0.4, -0.2) is 40.5 Å². The highest BCUT2D eigenvalue weighted by Gasteiger charge is 2.06. The molecule has 96 valence electrons. The van der Waals surface area contributed by atoms with Crippen molar-refractivity contribution in [3.05, 3.63) is 30.6 Å². The minimum atomic E-state index is 0.442. The number of benzene rings is 1. The molecule has 1 aromatic carbocycles. The summed E-state index contributed by atoms with van der Waals surface area (Å²) in [5, 5.41) is 14.6. The molecule has 0 fully saturated rings. The first kappa shape index (κ1) is 12.5. The summed E-state index contributed by atoms with van der Waals surface area (Å²) in [6.07, 6.45) is 1.58. The summed E-state index contributed by atoms with van der Waals surface area (Å²) in [5.41, 5.74) is 1.94. The molecule has 1 N–H and O–H groups in total. The Labute approximate surface area is 106 Å². The number of rotatable bonds is 6. The van der Waals surface area contributed by atoms with Crippen molar-refractivity contribution in [1.82, 2.24) is 20.2 Å².